The van der Waals surface area contributed by atoms with Crippen LogP contribution in [0.5, 0.6) is 0 Å². The molecule has 4 aliphatic rings. The van der Waals surface area contributed by atoms with Gasteiger partial charge in [0.1, 0.15) is 0 Å². The minimum Gasteiger partial charge on any atom is -0.381 e. The van der Waals surface area contributed by atoms with E-state index in [1.165, 1.54) is 51.4 Å². The Morgan fingerprint density at radius 2 is 1.12 bits per heavy atom. The van der Waals surface area contributed by atoms with Crippen molar-refractivity contribution in [1.82, 2.24) is 0 Å². The predicted octanol–water partition coefficient (Wildman–Crippen LogP) is 6.48. The Kier molecular flexibility index (Phi) is 9.89. The van der Waals surface area contributed by atoms with Crippen molar-refractivity contribution >= 4 is 0 Å². The minimum absolute atomic E-state index is 0.650. The normalized spacial score (nSPS) is 29.5. The molecule has 2 aliphatic carbocycles. The van der Waals surface area contributed by atoms with Crippen LogP contribution < -0.4 is 0 Å². The first-order valence-corrected chi connectivity index (χ1v) is 10.8. The first kappa shape index (κ1) is 22.0. The van der Waals surface area contributed by atoms with Crippen LogP contribution in [0, 0.1) is 22.7 Å². The zero-order valence-corrected chi connectivity index (χ0v) is 17.5. The maximum atomic E-state index is 5.48. The van der Waals surface area contributed by atoms with E-state index in [9.17, 15) is 0 Å². The van der Waals surface area contributed by atoms with E-state index < -0.39 is 0 Å². The van der Waals surface area contributed by atoms with Crippen LogP contribution in [0.1, 0.15) is 92.9 Å². The van der Waals surface area contributed by atoms with Crippen molar-refractivity contribution in [3.63, 3.8) is 0 Å². The van der Waals surface area contributed by atoms with Crippen molar-refractivity contribution in [3.05, 3.63) is 0 Å². The molecule has 4 rings (SSSR count). The van der Waals surface area contributed by atoms with E-state index in [0.717, 1.165) is 43.7 Å². The Labute approximate surface area is 152 Å². The average molecular weight is 341 g/mol. The molecule has 0 N–H and O–H groups in total. The molecule has 2 saturated heterocycles. The van der Waals surface area contributed by atoms with Crippen molar-refractivity contribution in [1.29, 1.82) is 0 Å². The van der Waals surface area contributed by atoms with E-state index in [4.69, 9.17) is 9.47 Å². The van der Waals surface area contributed by atoms with Gasteiger partial charge < -0.3 is 9.47 Å². The first-order valence-electron chi connectivity index (χ1n) is 10.8. The molecule has 2 aliphatic heterocycles. The number of ether oxygens (including phenoxy) is 2. The summed E-state index contributed by atoms with van der Waals surface area (Å²) in [5, 5.41) is 0. The molecule has 144 valence electrons. The summed E-state index contributed by atoms with van der Waals surface area (Å²) in [7, 11) is 0. The Morgan fingerprint density at radius 3 is 1.54 bits per heavy atom. The minimum atomic E-state index is 0.650. The fraction of sp³-hybridized carbons (Fsp3) is 1.00. The van der Waals surface area contributed by atoms with Gasteiger partial charge in [0.25, 0.3) is 0 Å². The summed E-state index contributed by atoms with van der Waals surface area (Å²) < 4.78 is 10.8. The fourth-order valence-electron chi connectivity index (χ4n) is 5.28. The Hall–Kier alpha value is -0.0800. The van der Waals surface area contributed by atoms with Crippen LogP contribution in [-0.2, 0) is 9.47 Å². The molecular weight excluding hydrogens is 296 g/mol. The lowest BCUT2D eigenvalue weighted by molar-refractivity contribution is -0.0771. The molecule has 0 atom stereocenters. The molecule has 2 saturated carbocycles. The van der Waals surface area contributed by atoms with E-state index >= 15 is 0 Å². The van der Waals surface area contributed by atoms with Crippen LogP contribution in [0.25, 0.3) is 0 Å². The molecule has 0 amide bonds. The quantitative estimate of drug-likeness (QED) is 0.502. The second kappa shape index (κ2) is 10.8. The molecule has 0 aromatic heterocycles. The Balaban J connectivity index is 0.000000199. The highest BCUT2D eigenvalue weighted by atomic mass is 16.5. The molecule has 0 unspecified atom stereocenters. The third kappa shape index (κ3) is 6.02. The summed E-state index contributed by atoms with van der Waals surface area (Å²) >= 11 is 0. The summed E-state index contributed by atoms with van der Waals surface area (Å²) in [6.45, 7) is 16.8. The monoisotopic (exact) mass is 340 g/mol. The zero-order chi connectivity index (χ0) is 18.1. The molecule has 0 aromatic carbocycles. The van der Waals surface area contributed by atoms with Crippen LogP contribution >= 0.6 is 0 Å². The van der Waals surface area contributed by atoms with Crippen molar-refractivity contribution in [2.45, 2.75) is 92.9 Å². The molecule has 2 heteroatoms. The Morgan fingerprint density at radius 1 is 0.625 bits per heavy atom. The molecular formula is C22H44O2. The number of rotatable bonds is 0. The molecule has 4 fully saturated rings. The summed E-state index contributed by atoms with van der Waals surface area (Å²) in [4.78, 5) is 0. The molecule has 24 heavy (non-hydrogen) atoms. The zero-order valence-electron chi connectivity index (χ0n) is 17.5. The summed E-state index contributed by atoms with van der Waals surface area (Å²) in [5.41, 5.74) is 1.40. The molecule has 2 nitrogen and oxygen atoms in total. The van der Waals surface area contributed by atoms with Gasteiger partial charge in [0.05, 0.1) is 6.61 Å². The lowest BCUT2D eigenvalue weighted by atomic mass is 9.59. The third-order valence-corrected chi connectivity index (χ3v) is 6.08. The van der Waals surface area contributed by atoms with Gasteiger partial charge in [-0.25, -0.2) is 0 Å². The van der Waals surface area contributed by atoms with Gasteiger partial charge in [-0.1, -0.05) is 41.5 Å². The highest BCUT2D eigenvalue weighted by molar-refractivity contribution is 4.93. The van der Waals surface area contributed by atoms with Gasteiger partial charge in [-0.15, -0.1) is 0 Å². The van der Waals surface area contributed by atoms with Gasteiger partial charge in [-0.2, -0.15) is 0 Å². The lowest BCUT2D eigenvalue weighted by Gasteiger charge is -2.49. The first-order chi connectivity index (χ1) is 11.6. The number of hydrogen-bond donors (Lipinski definition) is 0. The van der Waals surface area contributed by atoms with Crippen LogP contribution in [0.2, 0.25) is 0 Å². The van der Waals surface area contributed by atoms with Gasteiger partial charge >= 0.3 is 0 Å². The maximum absolute atomic E-state index is 5.48. The molecule has 0 aromatic rings. The fourth-order valence-corrected chi connectivity index (χ4v) is 5.28. The summed E-state index contributed by atoms with van der Waals surface area (Å²) in [6.07, 6.45) is 11.2. The van der Waals surface area contributed by atoms with Crippen LogP contribution in [0.3, 0.4) is 0 Å². The van der Waals surface area contributed by atoms with E-state index in [2.05, 4.69) is 13.8 Å². The highest BCUT2D eigenvalue weighted by Crippen LogP contribution is 2.52. The van der Waals surface area contributed by atoms with Crippen LogP contribution in [0.15, 0.2) is 0 Å². The topological polar surface area (TPSA) is 18.5 Å². The van der Waals surface area contributed by atoms with Crippen molar-refractivity contribution in [2.75, 3.05) is 26.4 Å². The van der Waals surface area contributed by atoms with Gasteiger partial charge in [-0.3, -0.25) is 0 Å². The largest absolute Gasteiger partial charge is 0.381 e. The van der Waals surface area contributed by atoms with E-state index in [-0.39, 0.29) is 0 Å². The van der Waals surface area contributed by atoms with Crippen molar-refractivity contribution in [3.8, 4) is 0 Å². The standard InChI is InChI=1S/2C9H16O.2C2H6/c1-8-6-9(7-8)2-4-10-5-3-9;1-8-5-9(6-8)3-2-4-10-7-9;2*1-2/h2*8H,2-7H2,1H3;2*1-2H3. The molecule has 0 bridgehead atoms. The van der Waals surface area contributed by atoms with Gasteiger partial charge in [0.2, 0.25) is 0 Å². The predicted molar refractivity (Wildman–Crippen MR) is 104 cm³/mol. The average Bonchev–Trinajstić information content (AvgIpc) is 2.59. The summed E-state index contributed by atoms with van der Waals surface area (Å²) in [6, 6.07) is 0. The van der Waals surface area contributed by atoms with E-state index in [1.807, 2.05) is 27.7 Å². The molecule has 0 radical (unpaired) electrons. The number of hydrogen-bond acceptors (Lipinski definition) is 2. The Bertz CT molecular complexity index is 251. The summed E-state index contributed by atoms with van der Waals surface area (Å²) in [5.74, 6) is 1.97. The van der Waals surface area contributed by atoms with Crippen molar-refractivity contribution in [2.24, 2.45) is 22.7 Å². The molecule has 2 spiro atoms. The van der Waals surface area contributed by atoms with Crippen LogP contribution in [-0.4, -0.2) is 26.4 Å². The van der Waals surface area contributed by atoms with Gasteiger partial charge in [0.15, 0.2) is 0 Å². The second-order valence-corrected chi connectivity index (χ2v) is 8.30. The lowest BCUT2D eigenvalue weighted by Crippen LogP contribution is -2.42. The van der Waals surface area contributed by atoms with Gasteiger partial charge in [-0.05, 0) is 74.0 Å². The van der Waals surface area contributed by atoms with Crippen LogP contribution in [0.4, 0.5) is 0 Å². The smallest absolute Gasteiger partial charge is 0.0522 e. The van der Waals surface area contributed by atoms with E-state index in [0.29, 0.717) is 5.41 Å². The molecule has 2 heterocycles. The maximum Gasteiger partial charge on any atom is 0.0522 e. The second-order valence-electron chi connectivity index (χ2n) is 8.30. The van der Waals surface area contributed by atoms with Gasteiger partial charge in [0, 0.05) is 19.8 Å². The van der Waals surface area contributed by atoms with E-state index in [1.54, 1.807) is 0 Å². The third-order valence-electron chi connectivity index (χ3n) is 6.08. The van der Waals surface area contributed by atoms with Crippen molar-refractivity contribution < 1.29 is 9.47 Å². The SMILES string of the molecule is CC.CC.CC1CC2(CCCOC2)C1.CC1CC2(CCOCC2)C1. The highest BCUT2D eigenvalue weighted by Gasteiger charge is 2.43.